The summed E-state index contributed by atoms with van der Waals surface area (Å²) in [5.41, 5.74) is 14.3. The van der Waals surface area contributed by atoms with Crippen LogP contribution in [0.1, 0.15) is 22.3 Å². The minimum atomic E-state index is -0.109. The van der Waals surface area contributed by atoms with Gasteiger partial charge in [0.05, 0.1) is 5.39 Å². The van der Waals surface area contributed by atoms with E-state index < -0.39 is 0 Å². The first-order valence-corrected chi connectivity index (χ1v) is 14.2. The number of aryl methyl sites for hydroxylation is 4. The van der Waals surface area contributed by atoms with Gasteiger partial charge in [-0.15, -0.1) is 0 Å². The molecule has 40 heavy (non-hydrogen) atoms. The Morgan fingerprint density at radius 1 is 0.550 bits per heavy atom. The monoisotopic (exact) mass is 514 g/mol. The van der Waals surface area contributed by atoms with E-state index in [2.05, 4.69) is 72.8 Å². The zero-order chi connectivity index (χ0) is 25.9. The molecule has 0 unspecified atom stereocenters. The zero-order valence-corrected chi connectivity index (χ0v) is 21.8. The van der Waals surface area contributed by atoms with Crippen LogP contribution in [0.25, 0.3) is 33.2 Å². The maximum atomic E-state index is 6.88. The van der Waals surface area contributed by atoms with E-state index in [-0.39, 0.29) is 6.71 Å². The molecule has 0 N–H and O–H groups in total. The molecular formula is C36H23BO3. The molecule has 2 aliphatic heterocycles. The van der Waals surface area contributed by atoms with E-state index in [1.807, 2.05) is 18.2 Å². The third-order valence-corrected chi connectivity index (χ3v) is 9.41. The normalized spacial score (nSPS) is 14.9. The molecule has 4 heteroatoms. The molecular weight excluding hydrogens is 491 g/mol. The minimum Gasteiger partial charge on any atom is -0.466 e. The Bertz CT molecular complexity index is 2080. The van der Waals surface area contributed by atoms with Crippen LogP contribution in [0.3, 0.4) is 0 Å². The molecule has 0 radical (unpaired) electrons. The predicted molar refractivity (Wildman–Crippen MR) is 160 cm³/mol. The largest absolute Gasteiger partial charge is 0.466 e. The van der Waals surface area contributed by atoms with E-state index in [1.54, 1.807) is 0 Å². The highest BCUT2D eigenvalue weighted by Gasteiger charge is 2.44. The Kier molecular flexibility index (Phi) is 3.96. The molecule has 0 spiro atoms. The summed E-state index contributed by atoms with van der Waals surface area (Å²) in [5, 5.41) is 1.01. The topological polar surface area (TPSA) is 31.6 Å². The number of hydrogen-bond acceptors (Lipinski definition) is 3. The third-order valence-electron chi connectivity index (χ3n) is 9.41. The highest BCUT2D eigenvalue weighted by Crippen LogP contribution is 2.44. The number of para-hydroxylation sites is 2. The summed E-state index contributed by atoms with van der Waals surface area (Å²) in [4.78, 5) is 0. The molecule has 0 fully saturated rings. The molecule has 188 valence electrons. The molecule has 3 heterocycles. The molecule has 6 aromatic rings. The van der Waals surface area contributed by atoms with Crippen molar-refractivity contribution in [3.8, 4) is 45.3 Å². The van der Waals surface area contributed by atoms with Gasteiger partial charge in [-0.1, -0.05) is 72.8 Å². The molecule has 5 aromatic carbocycles. The number of furan rings is 1. The Labute approximate surface area is 232 Å². The van der Waals surface area contributed by atoms with Gasteiger partial charge in [0.25, 0.3) is 0 Å². The summed E-state index contributed by atoms with van der Waals surface area (Å²) in [6.07, 6.45) is 4.67. The van der Waals surface area contributed by atoms with E-state index in [9.17, 15) is 0 Å². The van der Waals surface area contributed by atoms with Crippen molar-refractivity contribution in [3.05, 3.63) is 113 Å². The fourth-order valence-electron chi connectivity index (χ4n) is 7.12. The molecule has 4 aliphatic rings. The van der Waals surface area contributed by atoms with Crippen molar-refractivity contribution in [2.45, 2.75) is 25.7 Å². The number of hydrogen-bond donors (Lipinski definition) is 0. The maximum absolute atomic E-state index is 6.88. The van der Waals surface area contributed by atoms with Gasteiger partial charge in [0, 0.05) is 16.6 Å². The molecule has 0 saturated heterocycles. The summed E-state index contributed by atoms with van der Waals surface area (Å²) < 4.78 is 20.2. The van der Waals surface area contributed by atoms with Crippen molar-refractivity contribution in [1.82, 2.24) is 0 Å². The Hall–Kier alpha value is -4.70. The van der Waals surface area contributed by atoms with E-state index in [0.717, 1.165) is 74.5 Å². The first-order chi connectivity index (χ1) is 19.8. The van der Waals surface area contributed by atoms with Crippen LogP contribution in [-0.4, -0.2) is 6.71 Å². The lowest BCUT2D eigenvalue weighted by Crippen LogP contribution is -2.57. The Balaban J connectivity index is 1.21. The van der Waals surface area contributed by atoms with Crippen molar-refractivity contribution in [1.29, 1.82) is 0 Å². The van der Waals surface area contributed by atoms with E-state index in [4.69, 9.17) is 13.9 Å². The first kappa shape index (κ1) is 21.2. The van der Waals surface area contributed by atoms with Gasteiger partial charge in [0.1, 0.15) is 28.5 Å². The van der Waals surface area contributed by atoms with Gasteiger partial charge < -0.3 is 13.9 Å². The van der Waals surface area contributed by atoms with Gasteiger partial charge in [-0.05, 0) is 82.7 Å². The van der Waals surface area contributed by atoms with Gasteiger partial charge in [-0.25, -0.2) is 0 Å². The van der Waals surface area contributed by atoms with Crippen LogP contribution >= 0.6 is 0 Å². The van der Waals surface area contributed by atoms with Gasteiger partial charge in [-0.2, -0.15) is 0 Å². The zero-order valence-electron chi connectivity index (χ0n) is 21.8. The van der Waals surface area contributed by atoms with Crippen molar-refractivity contribution in [2.75, 3.05) is 0 Å². The molecule has 0 amide bonds. The van der Waals surface area contributed by atoms with Crippen LogP contribution in [0.2, 0.25) is 0 Å². The van der Waals surface area contributed by atoms with Crippen LogP contribution < -0.4 is 26.1 Å². The van der Waals surface area contributed by atoms with Crippen LogP contribution in [0, 0.1) is 0 Å². The molecule has 1 aromatic heterocycles. The fourth-order valence-corrected chi connectivity index (χ4v) is 7.12. The van der Waals surface area contributed by atoms with Crippen molar-refractivity contribution in [2.24, 2.45) is 0 Å². The van der Waals surface area contributed by atoms with Crippen LogP contribution in [0.4, 0.5) is 0 Å². The average molecular weight is 514 g/mol. The average Bonchev–Trinajstić information content (AvgIpc) is 3.33. The smallest absolute Gasteiger partial charge is 0.305 e. The molecule has 0 bridgehead atoms. The van der Waals surface area contributed by atoms with E-state index in [0.29, 0.717) is 0 Å². The highest BCUT2D eigenvalue weighted by atomic mass is 16.5. The standard InChI is InChI=1S/C36H23BO3/c1-4-26(24-16-12-20-10-14-22(20)18-24)33-28(6-1)35-36(40-33)37-29-7-2-5-27(25-17-13-21-11-15-23(21)19-25)34(29)38-30-8-3-9-31(39-35)32(30)37/h1-9,12-13,16-19H,10-11,14-15H2. The number of benzene rings is 5. The number of ether oxygens (including phenoxy) is 2. The molecule has 3 nitrogen and oxygen atoms in total. The molecule has 10 rings (SSSR count). The fraction of sp³-hybridized carbons (Fsp3) is 0.111. The SMILES string of the molecule is c1cc2c3c(c1)Oc1c(oc4c(-c5ccc6c(c5)CC6)cccc14)B3c1cccc(-c3ccc4c(c3)CC4)c1O2. The lowest BCUT2D eigenvalue weighted by atomic mass is 9.37. The summed E-state index contributed by atoms with van der Waals surface area (Å²) >= 11 is 0. The molecule has 0 saturated carbocycles. The number of fused-ring (bicyclic) bond motifs is 8. The van der Waals surface area contributed by atoms with Gasteiger partial charge in [0.2, 0.25) is 0 Å². The molecule has 2 aliphatic carbocycles. The number of rotatable bonds is 2. The van der Waals surface area contributed by atoms with E-state index >= 15 is 0 Å². The van der Waals surface area contributed by atoms with Gasteiger partial charge in [-0.3, -0.25) is 0 Å². The second-order valence-corrected chi connectivity index (χ2v) is 11.5. The predicted octanol–water partition coefficient (Wildman–Crippen LogP) is 6.69. The highest BCUT2D eigenvalue weighted by molar-refractivity contribution is 6.97. The first-order valence-electron chi connectivity index (χ1n) is 14.2. The maximum Gasteiger partial charge on any atom is 0.305 e. The second kappa shape index (κ2) is 7.48. The summed E-state index contributed by atoms with van der Waals surface area (Å²) in [5.74, 6) is 3.39. The van der Waals surface area contributed by atoms with Crippen LogP contribution in [-0.2, 0) is 25.7 Å². The lowest BCUT2D eigenvalue weighted by Gasteiger charge is -2.31. The Morgan fingerprint density at radius 2 is 1.18 bits per heavy atom. The van der Waals surface area contributed by atoms with Crippen molar-refractivity contribution >= 4 is 34.3 Å². The van der Waals surface area contributed by atoms with Gasteiger partial charge in [0.15, 0.2) is 5.75 Å². The van der Waals surface area contributed by atoms with Crippen molar-refractivity contribution in [3.63, 3.8) is 0 Å². The third kappa shape index (κ3) is 2.71. The Morgan fingerprint density at radius 3 is 1.88 bits per heavy atom. The minimum absolute atomic E-state index is 0.109. The lowest BCUT2D eigenvalue weighted by molar-refractivity contribution is 0.461. The summed E-state index contributed by atoms with van der Waals surface area (Å²) in [6, 6.07) is 32.7. The summed E-state index contributed by atoms with van der Waals surface area (Å²) in [7, 11) is 0. The van der Waals surface area contributed by atoms with Crippen molar-refractivity contribution < 1.29 is 13.9 Å². The molecule has 0 atom stereocenters. The van der Waals surface area contributed by atoms with Crippen LogP contribution in [0.15, 0.2) is 95.4 Å². The summed E-state index contributed by atoms with van der Waals surface area (Å²) in [6.45, 7) is -0.109. The second-order valence-electron chi connectivity index (χ2n) is 11.5. The van der Waals surface area contributed by atoms with Gasteiger partial charge >= 0.3 is 6.71 Å². The van der Waals surface area contributed by atoms with E-state index in [1.165, 1.54) is 46.2 Å². The van der Waals surface area contributed by atoms with Crippen LogP contribution in [0.5, 0.6) is 23.0 Å². The quantitative estimate of drug-likeness (QED) is 0.241.